The monoisotopic (exact) mass is 281 g/mol. The number of carbonyl (C=O) groups excluding carboxylic acids is 1. The van der Waals surface area contributed by atoms with Crippen molar-refractivity contribution in [3.63, 3.8) is 0 Å². The molecule has 1 aromatic carbocycles. The molecule has 1 aromatic rings. The number of benzene rings is 1. The Kier molecular flexibility index (Phi) is 6.73. The van der Waals surface area contributed by atoms with Gasteiger partial charge < -0.3 is 15.2 Å². The Labute approximate surface area is 118 Å². The molecule has 20 heavy (non-hydrogen) atoms. The lowest BCUT2D eigenvalue weighted by Gasteiger charge is -2.22. The second-order valence-corrected chi connectivity index (χ2v) is 4.36. The molecular weight excluding hydrogens is 261 g/mol. The van der Waals surface area contributed by atoms with Gasteiger partial charge in [0.25, 0.3) is 0 Å². The third-order valence-corrected chi connectivity index (χ3v) is 2.77. The molecule has 0 aliphatic rings. The number of halogens is 1. The topological polar surface area (TPSA) is 58.6 Å². The van der Waals surface area contributed by atoms with E-state index in [9.17, 15) is 14.3 Å². The lowest BCUT2D eigenvalue weighted by molar-refractivity contribution is 0.00422. The number of amides is 1. The highest BCUT2D eigenvalue weighted by Gasteiger charge is 2.22. The number of aliphatic hydroxyl groups is 1. The number of hydrogen-bond acceptors (Lipinski definition) is 3. The van der Waals surface area contributed by atoms with Crippen LogP contribution in [0.4, 0.5) is 9.18 Å². The van der Waals surface area contributed by atoms with Crippen molar-refractivity contribution >= 4 is 6.09 Å². The van der Waals surface area contributed by atoms with E-state index in [1.165, 1.54) is 6.08 Å². The van der Waals surface area contributed by atoms with Crippen LogP contribution < -0.4 is 5.32 Å². The molecule has 1 amide bonds. The van der Waals surface area contributed by atoms with Gasteiger partial charge in [-0.25, -0.2) is 9.18 Å². The molecule has 0 fully saturated rings. The molecular formula is C15H20FNO3. The zero-order valence-electron chi connectivity index (χ0n) is 11.5. The van der Waals surface area contributed by atoms with Crippen LogP contribution in [-0.2, 0) is 4.74 Å². The van der Waals surface area contributed by atoms with Crippen LogP contribution in [0.2, 0.25) is 0 Å². The lowest BCUT2D eigenvalue weighted by Crippen LogP contribution is -2.37. The van der Waals surface area contributed by atoms with Crippen LogP contribution in [0.3, 0.4) is 0 Å². The van der Waals surface area contributed by atoms with Crippen molar-refractivity contribution in [2.45, 2.75) is 38.3 Å². The van der Waals surface area contributed by atoms with Gasteiger partial charge in [-0.15, -0.1) is 6.58 Å². The summed E-state index contributed by atoms with van der Waals surface area (Å²) in [6.07, 6.45) is -1.51. The van der Waals surface area contributed by atoms with Gasteiger partial charge in [-0.3, -0.25) is 0 Å². The Bertz CT molecular complexity index is 424. The summed E-state index contributed by atoms with van der Waals surface area (Å²) in [5.74, 6) is 0. The number of alkyl halides is 1. The van der Waals surface area contributed by atoms with Crippen molar-refractivity contribution in [1.29, 1.82) is 0 Å². The van der Waals surface area contributed by atoms with Gasteiger partial charge in [0.2, 0.25) is 6.36 Å². The normalized spacial score (nSPS) is 14.9. The largest absolute Gasteiger partial charge is 0.415 e. The Balaban J connectivity index is 2.71. The molecule has 0 aliphatic carbocycles. The number of nitrogens with one attached hydrogen (secondary N) is 1. The molecule has 0 heterocycles. The summed E-state index contributed by atoms with van der Waals surface area (Å²) in [5, 5.41) is 12.3. The van der Waals surface area contributed by atoms with Crippen molar-refractivity contribution < 1.29 is 19.0 Å². The average molecular weight is 281 g/mol. The lowest BCUT2D eigenvalue weighted by atomic mass is 10.0. The highest BCUT2D eigenvalue weighted by atomic mass is 19.1. The fourth-order valence-corrected chi connectivity index (χ4v) is 1.73. The molecule has 0 saturated carbocycles. The standard InChI is InChI=1S/C15H20FNO3/c1-3-8-13(16)20-15(19)17-14(12(18)4-2)11-9-6-5-7-10-11/h4-7,9-10,12-14,18H,2-3,8H2,1H3,(H,17,19). The number of aliphatic hydroxyl groups excluding tert-OH is 1. The predicted molar refractivity (Wildman–Crippen MR) is 74.8 cm³/mol. The molecule has 110 valence electrons. The van der Waals surface area contributed by atoms with Crippen LogP contribution in [-0.4, -0.2) is 23.7 Å². The Hall–Kier alpha value is -1.88. The second kappa shape index (κ2) is 8.32. The summed E-state index contributed by atoms with van der Waals surface area (Å²) < 4.78 is 17.8. The Morgan fingerprint density at radius 1 is 1.50 bits per heavy atom. The minimum absolute atomic E-state index is 0.146. The molecule has 0 spiro atoms. The van der Waals surface area contributed by atoms with E-state index in [4.69, 9.17) is 0 Å². The molecule has 1 rings (SSSR count). The quantitative estimate of drug-likeness (QED) is 0.755. The van der Waals surface area contributed by atoms with Crippen molar-refractivity contribution in [3.8, 4) is 0 Å². The van der Waals surface area contributed by atoms with Crippen molar-refractivity contribution in [2.75, 3.05) is 0 Å². The summed E-state index contributed by atoms with van der Waals surface area (Å²) in [5.41, 5.74) is 0.683. The molecule has 3 atom stereocenters. The summed E-state index contributed by atoms with van der Waals surface area (Å²) >= 11 is 0. The molecule has 0 aliphatic heterocycles. The molecule has 5 heteroatoms. The summed E-state index contributed by atoms with van der Waals surface area (Å²) in [6.45, 7) is 5.28. The van der Waals surface area contributed by atoms with E-state index in [2.05, 4.69) is 16.6 Å². The number of carbonyl (C=O) groups is 1. The Morgan fingerprint density at radius 3 is 2.70 bits per heavy atom. The summed E-state index contributed by atoms with van der Waals surface area (Å²) in [7, 11) is 0. The fourth-order valence-electron chi connectivity index (χ4n) is 1.73. The van der Waals surface area contributed by atoms with Crippen molar-refractivity contribution in [2.24, 2.45) is 0 Å². The molecule has 2 N–H and O–H groups in total. The first-order valence-electron chi connectivity index (χ1n) is 6.55. The third kappa shape index (κ3) is 5.01. The van der Waals surface area contributed by atoms with E-state index in [0.717, 1.165) is 0 Å². The van der Waals surface area contributed by atoms with Crippen molar-refractivity contribution in [3.05, 3.63) is 48.6 Å². The van der Waals surface area contributed by atoms with E-state index in [1.54, 1.807) is 31.2 Å². The van der Waals surface area contributed by atoms with Crippen LogP contribution in [0, 0.1) is 0 Å². The molecule has 4 nitrogen and oxygen atoms in total. The number of alkyl carbamates (subject to hydrolysis) is 1. The highest BCUT2D eigenvalue weighted by molar-refractivity contribution is 5.68. The molecule has 0 saturated heterocycles. The van der Waals surface area contributed by atoms with E-state index in [-0.39, 0.29) is 6.42 Å². The van der Waals surface area contributed by atoms with Crippen LogP contribution in [0.15, 0.2) is 43.0 Å². The Morgan fingerprint density at radius 2 is 2.15 bits per heavy atom. The van der Waals surface area contributed by atoms with Gasteiger partial charge in [0.05, 0.1) is 12.1 Å². The van der Waals surface area contributed by atoms with Gasteiger partial charge in [-0.2, -0.15) is 0 Å². The SMILES string of the molecule is C=CC(O)C(NC(=O)OC(F)CCC)c1ccccc1. The van der Waals surface area contributed by atoms with Gasteiger partial charge in [-0.05, 0) is 12.0 Å². The third-order valence-electron chi connectivity index (χ3n) is 2.77. The smallest absolute Gasteiger partial charge is 0.410 e. The van der Waals surface area contributed by atoms with E-state index in [0.29, 0.717) is 12.0 Å². The van der Waals surface area contributed by atoms with Crippen LogP contribution in [0.25, 0.3) is 0 Å². The second-order valence-electron chi connectivity index (χ2n) is 4.36. The van der Waals surface area contributed by atoms with E-state index in [1.807, 2.05) is 6.07 Å². The maximum absolute atomic E-state index is 13.2. The van der Waals surface area contributed by atoms with Gasteiger partial charge in [0.1, 0.15) is 0 Å². The molecule has 0 bridgehead atoms. The van der Waals surface area contributed by atoms with E-state index >= 15 is 0 Å². The van der Waals surface area contributed by atoms with E-state index < -0.39 is 24.6 Å². The summed E-state index contributed by atoms with van der Waals surface area (Å²) in [6, 6.07) is 8.14. The van der Waals surface area contributed by atoms with Gasteiger partial charge in [-0.1, -0.05) is 43.3 Å². The first-order valence-corrected chi connectivity index (χ1v) is 6.55. The maximum Gasteiger partial charge on any atom is 0.410 e. The van der Waals surface area contributed by atoms with Crippen molar-refractivity contribution in [1.82, 2.24) is 5.32 Å². The first kappa shape index (κ1) is 16.2. The van der Waals surface area contributed by atoms with Gasteiger partial charge in [0, 0.05) is 6.42 Å². The minimum atomic E-state index is -1.64. The van der Waals surface area contributed by atoms with Gasteiger partial charge in [0.15, 0.2) is 0 Å². The average Bonchev–Trinajstić information content (AvgIpc) is 2.45. The first-order chi connectivity index (χ1) is 9.58. The molecule has 0 radical (unpaired) electrons. The van der Waals surface area contributed by atoms with Crippen LogP contribution in [0.5, 0.6) is 0 Å². The number of rotatable bonds is 7. The number of hydrogen-bond donors (Lipinski definition) is 2. The molecule has 3 unspecified atom stereocenters. The van der Waals surface area contributed by atoms with Crippen LogP contribution in [0.1, 0.15) is 31.4 Å². The zero-order chi connectivity index (χ0) is 15.0. The molecule has 0 aromatic heterocycles. The van der Waals surface area contributed by atoms with Gasteiger partial charge >= 0.3 is 6.09 Å². The number of ether oxygens (including phenoxy) is 1. The highest BCUT2D eigenvalue weighted by Crippen LogP contribution is 2.18. The predicted octanol–water partition coefficient (Wildman–Crippen LogP) is 3.10. The fraction of sp³-hybridized carbons (Fsp3) is 0.400. The zero-order valence-corrected chi connectivity index (χ0v) is 11.5. The minimum Gasteiger partial charge on any atom is -0.415 e. The maximum atomic E-state index is 13.2. The summed E-state index contributed by atoms with van der Waals surface area (Å²) in [4.78, 5) is 11.6. The van der Waals surface area contributed by atoms with Crippen LogP contribution >= 0.6 is 0 Å².